The monoisotopic (exact) mass is 242 g/mol. The molecule has 1 amide bonds. The quantitative estimate of drug-likeness (QED) is 0.808. The normalized spacial score (nSPS) is 10.4. The number of hydrogen-bond donors (Lipinski definition) is 0. The van der Waals surface area contributed by atoms with Crippen LogP contribution in [0.1, 0.15) is 10.4 Å². The van der Waals surface area contributed by atoms with Crippen LogP contribution in [0.2, 0.25) is 0 Å². The molecule has 0 saturated heterocycles. The molecule has 0 aliphatic heterocycles. The van der Waals surface area contributed by atoms with Crippen LogP contribution in [0.3, 0.4) is 0 Å². The highest BCUT2D eigenvalue weighted by atomic mass is 16.2. The second-order valence-electron chi connectivity index (χ2n) is 4.77. The first-order valence-electron chi connectivity index (χ1n) is 5.93. The Kier molecular flexibility index (Phi) is 3.24. The van der Waals surface area contributed by atoms with Gasteiger partial charge in [-0.3, -0.25) is 4.79 Å². The summed E-state index contributed by atoms with van der Waals surface area (Å²) in [6, 6.07) is 11.9. The molecule has 0 spiro atoms. The van der Waals surface area contributed by atoms with Crippen molar-refractivity contribution < 1.29 is 4.79 Å². The molecule has 0 aliphatic carbocycles. The van der Waals surface area contributed by atoms with Crippen molar-refractivity contribution in [3.63, 3.8) is 0 Å². The van der Waals surface area contributed by atoms with Crippen LogP contribution in [0.5, 0.6) is 0 Å². The average Bonchev–Trinajstić information content (AvgIpc) is 2.36. The zero-order chi connectivity index (χ0) is 13.3. The Morgan fingerprint density at radius 2 is 1.56 bits per heavy atom. The molecule has 0 unspecified atom stereocenters. The van der Waals surface area contributed by atoms with Gasteiger partial charge < -0.3 is 9.80 Å². The molecule has 3 nitrogen and oxygen atoms in total. The molecule has 2 aromatic carbocycles. The highest BCUT2D eigenvalue weighted by Gasteiger charge is 2.14. The molecule has 0 radical (unpaired) electrons. The van der Waals surface area contributed by atoms with Gasteiger partial charge in [0.25, 0.3) is 5.91 Å². The van der Waals surface area contributed by atoms with Crippen molar-refractivity contribution in [3.05, 3.63) is 42.0 Å². The van der Waals surface area contributed by atoms with Crippen molar-refractivity contribution in [2.45, 2.75) is 0 Å². The lowest BCUT2D eigenvalue weighted by molar-refractivity contribution is 0.0829. The maximum Gasteiger partial charge on any atom is 0.254 e. The van der Waals surface area contributed by atoms with E-state index in [0.29, 0.717) is 0 Å². The van der Waals surface area contributed by atoms with E-state index in [2.05, 4.69) is 0 Å². The van der Waals surface area contributed by atoms with Crippen molar-refractivity contribution >= 4 is 22.4 Å². The van der Waals surface area contributed by atoms with Crippen LogP contribution >= 0.6 is 0 Å². The number of benzene rings is 2. The molecule has 0 aromatic heterocycles. The van der Waals surface area contributed by atoms with Crippen molar-refractivity contribution in [2.24, 2.45) is 0 Å². The second-order valence-corrected chi connectivity index (χ2v) is 4.77. The topological polar surface area (TPSA) is 23.6 Å². The lowest BCUT2D eigenvalue weighted by Gasteiger charge is -2.19. The van der Waals surface area contributed by atoms with E-state index in [-0.39, 0.29) is 5.91 Å². The summed E-state index contributed by atoms with van der Waals surface area (Å²) < 4.78 is 0. The SMILES string of the molecule is CN(C)C(=O)c1cccc2cccc(N(C)C)c12. The van der Waals surface area contributed by atoms with E-state index in [4.69, 9.17) is 0 Å². The molecule has 2 rings (SSSR count). The van der Waals surface area contributed by atoms with E-state index in [0.717, 1.165) is 22.0 Å². The molecule has 94 valence electrons. The molecule has 2 aromatic rings. The largest absolute Gasteiger partial charge is 0.377 e. The summed E-state index contributed by atoms with van der Waals surface area (Å²) in [6.45, 7) is 0. The van der Waals surface area contributed by atoms with Crippen molar-refractivity contribution in [3.8, 4) is 0 Å². The molecule has 0 heterocycles. The average molecular weight is 242 g/mol. The molecule has 18 heavy (non-hydrogen) atoms. The van der Waals surface area contributed by atoms with Crippen LogP contribution in [0.15, 0.2) is 36.4 Å². The van der Waals surface area contributed by atoms with E-state index in [1.54, 1.807) is 19.0 Å². The highest BCUT2D eigenvalue weighted by molar-refractivity contribution is 6.11. The third kappa shape index (κ3) is 2.04. The Labute approximate surface area is 108 Å². The van der Waals surface area contributed by atoms with E-state index in [9.17, 15) is 4.79 Å². The Balaban J connectivity index is 2.78. The van der Waals surface area contributed by atoms with Crippen molar-refractivity contribution in [1.82, 2.24) is 4.90 Å². The molecule has 0 N–H and O–H groups in total. The third-order valence-corrected chi connectivity index (χ3v) is 3.00. The zero-order valence-corrected chi connectivity index (χ0v) is 11.3. The number of hydrogen-bond acceptors (Lipinski definition) is 2. The Bertz CT molecular complexity index is 583. The minimum atomic E-state index is 0.0369. The van der Waals surface area contributed by atoms with Gasteiger partial charge in [-0.1, -0.05) is 24.3 Å². The fourth-order valence-corrected chi connectivity index (χ4v) is 2.11. The van der Waals surface area contributed by atoms with Gasteiger partial charge in [0, 0.05) is 44.8 Å². The van der Waals surface area contributed by atoms with E-state index in [1.807, 2.05) is 55.4 Å². The first kappa shape index (κ1) is 12.4. The highest BCUT2D eigenvalue weighted by Crippen LogP contribution is 2.29. The van der Waals surface area contributed by atoms with Gasteiger partial charge in [0.05, 0.1) is 0 Å². The molecule has 0 atom stereocenters. The number of carbonyl (C=O) groups excluding carboxylic acids is 1. The summed E-state index contributed by atoms with van der Waals surface area (Å²) in [4.78, 5) is 15.9. The van der Waals surface area contributed by atoms with Crippen LogP contribution in [-0.2, 0) is 0 Å². The van der Waals surface area contributed by atoms with Gasteiger partial charge in [-0.15, -0.1) is 0 Å². The zero-order valence-electron chi connectivity index (χ0n) is 11.3. The first-order valence-corrected chi connectivity index (χ1v) is 5.93. The van der Waals surface area contributed by atoms with Crippen LogP contribution in [0, 0.1) is 0 Å². The van der Waals surface area contributed by atoms with Gasteiger partial charge in [0.1, 0.15) is 0 Å². The summed E-state index contributed by atoms with van der Waals surface area (Å²) >= 11 is 0. The summed E-state index contributed by atoms with van der Waals surface area (Å²) in [6.07, 6.45) is 0. The van der Waals surface area contributed by atoms with Gasteiger partial charge in [0.2, 0.25) is 0 Å². The minimum Gasteiger partial charge on any atom is -0.377 e. The summed E-state index contributed by atoms with van der Waals surface area (Å²) in [5.74, 6) is 0.0369. The van der Waals surface area contributed by atoms with Crippen molar-refractivity contribution in [2.75, 3.05) is 33.1 Å². The third-order valence-electron chi connectivity index (χ3n) is 3.00. The predicted molar refractivity (Wildman–Crippen MR) is 76.3 cm³/mol. The van der Waals surface area contributed by atoms with Gasteiger partial charge >= 0.3 is 0 Å². The lowest BCUT2D eigenvalue weighted by atomic mass is 10.0. The Hall–Kier alpha value is -2.03. The maximum atomic E-state index is 12.2. The van der Waals surface area contributed by atoms with Crippen LogP contribution in [0.25, 0.3) is 10.8 Å². The van der Waals surface area contributed by atoms with E-state index in [1.165, 1.54) is 0 Å². The van der Waals surface area contributed by atoms with Crippen LogP contribution in [0.4, 0.5) is 5.69 Å². The molecular formula is C15H18N2O. The van der Waals surface area contributed by atoms with Gasteiger partial charge in [-0.2, -0.15) is 0 Å². The standard InChI is InChI=1S/C15H18N2O/c1-16(2)13-10-6-8-11-7-5-9-12(14(11)13)15(18)17(3)4/h5-10H,1-4H3. The molecule has 0 fully saturated rings. The number of amides is 1. The van der Waals surface area contributed by atoms with Gasteiger partial charge in [-0.25, -0.2) is 0 Å². The Morgan fingerprint density at radius 3 is 2.11 bits per heavy atom. The van der Waals surface area contributed by atoms with Crippen LogP contribution < -0.4 is 4.90 Å². The fourth-order valence-electron chi connectivity index (χ4n) is 2.11. The summed E-state index contributed by atoms with van der Waals surface area (Å²) in [7, 11) is 7.54. The lowest BCUT2D eigenvalue weighted by Crippen LogP contribution is -2.22. The van der Waals surface area contributed by atoms with Crippen LogP contribution in [-0.4, -0.2) is 39.0 Å². The van der Waals surface area contributed by atoms with Crippen molar-refractivity contribution in [1.29, 1.82) is 0 Å². The molecule has 0 bridgehead atoms. The first-order chi connectivity index (χ1) is 8.52. The molecule has 0 saturated carbocycles. The molecule has 0 aliphatic rings. The van der Waals surface area contributed by atoms with E-state index < -0.39 is 0 Å². The molecule has 3 heteroatoms. The number of anilines is 1. The number of fused-ring (bicyclic) bond motifs is 1. The van der Waals surface area contributed by atoms with Gasteiger partial charge in [-0.05, 0) is 17.5 Å². The van der Waals surface area contributed by atoms with Gasteiger partial charge in [0.15, 0.2) is 0 Å². The smallest absolute Gasteiger partial charge is 0.254 e. The number of nitrogens with zero attached hydrogens (tertiary/aromatic N) is 2. The number of carbonyl (C=O) groups is 1. The predicted octanol–water partition coefficient (Wildman–Crippen LogP) is 2.61. The fraction of sp³-hybridized carbons (Fsp3) is 0.267. The molecular weight excluding hydrogens is 224 g/mol. The second kappa shape index (κ2) is 4.69. The Morgan fingerprint density at radius 1 is 0.944 bits per heavy atom. The summed E-state index contributed by atoms with van der Waals surface area (Å²) in [5.41, 5.74) is 1.82. The number of rotatable bonds is 2. The maximum absolute atomic E-state index is 12.2. The summed E-state index contributed by atoms with van der Waals surface area (Å²) in [5, 5.41) is 2.11. The van der Waals surface area contributed by atoms with E-state index >= 15 is 0 Å². The minimum absolute atomic E-state index is 0.0369.